The van der Waals surface area contributed by atoms with Crippen molar-refractivity contribution >= 4 is 0 Å². The molecule has 180 valence electrons. The molecule has 0 heterocycles. The normalized spacial score (nSPS) is 16.5. The van der Waals surface area contributed by atoms with E-state index in [4.69, 9.17) is 0 Å². The Hall–Kier alpha value is -2.94. The van der Waals surface area contributed by atoms with E-state index in [1.807, 2.05) is 12.1 Å². The summed E-state index contributed by atoms with van der Waals surface area (Å²) in [4.78, 5) is 0. The third-order valence-corrected chi connectivity index (χ3v) is 8.50. The quantitative estimate of drug-likeness (QED) is 0.361. The van der Waals surface area contributed by atoms with E-state index in [9.17, 15) is 15.3 Å². The topological polar surface area (TPSA) is 60.7 Å². The Morgan fingerprint density at radius 2 is 1.21 bits per heavy atom. The largest absolute Gasteiger partial charge is 0.508 e. The van der Waals surface area contributed by atoms with Crippen LogP contribution in [-0.2, 0) is 23.7 Å². The summed E-state index contributed by atoms with van der Waals surface area (Å²) in [7, 11) is 0. The van der Waals surface area contributed by atoms with Crippen LogP contribution in [0.1, 0.15) is 81.2 Å². The summed E-state index contributed by atoms with van der Waals surface area (Å²) in [5.74, 6) is 1.56. The zero-order valence-corrected chi connectivity index (χ0v) is 20.9. The summed E-state index contributed by atoms with van der Waals surface area (Å²) in [6.45, 7) is 8.81. The molecular formula is C31H38O3. The van der Waals surface area contributed by atoms with Gasteiger partial charge in [-0.1, -0.05) is 64.1 Å². The molecule has 0 unspecified atom stereocenters. The lowest BCUT2D eigenvalue weighted by molar-refractivity contribution is 0.188. The molecule has 0 atom stereocenters. The van der Waals surface area contributed by atoms with Gasteiger partial charge in [-0.3, -0.25) is 0 Å². The minimum Gasteiger partial charge on any atom is -0.508 e. The van der Waals surface area contributed by atoms with Gasteiger partial charge in [0.1, 0.15) is 17.2 Å². The number of phenolic OH excluding ortho intramolecular Hbond substituents is 3. The molecule has 1 saturated carbocycles. The number of hydrogen-bond donors (Lipinski definition) is 3. The Labute approximate surface area is 204 Å². The van der Waals surface area contributed by atoms with Crippen LogP contribution in [0.3, 0.4) is 0 Å². The van der Waals surface area contributed by atoms with E-state index in [0.29, 0.717) is 23.2 Å². The molecule has 0 spiro atoms. The van der Waals surface area contributed by atoms with Crippen molar-refractivity contribution in [2.45, 2.75) is 77.0 Å². The van der Waals surface area contributed by atoms with Crippen molar-refractivity contribution in [3.05, 3.63) is 88.5 Å². The maximum atomic E-state index is 10.3. The van der Waals surface area contributed by atoms with Gasteiger partial charge in [0.2, 0.25) is 0 Å². The lowest BCUT2D eigenvalue weighted by atomic mass is 9.58. The summed E-state index contributed by atoms with van der Waals surface area (Å²) in [6, 6.07) is 20.0. The fraction of sp³-hybridized carbons (Fsp3) is 0.419. The van der Waals surface area contributed by atoms with Crippen LogP contribution in [0.15, 0.2) is 60.7 Å². The molecule has 0 aromatic heterocycles. The maximum absolute atomic E-state index is 10.3. The van der Waals surface area contributed by atoms with Crippen LogP contribution in [0, 0.1) is 5.92 Å². The van der Waals surface area contributed by atoms with Crippen molar-refractivity contribution in [1.29, 1.82) is 0 Å². The van der Waals surface area contributed by atoms with E-state index >= 15 is 0 Å². The van der Waals surface area contributed by atoms with Crippen molar-refractivity contribution in [3.8, 4) is 17.2 Å². The number of benzene rings is 3. The zero-order valence-electron chi connectivity index (χ0n) is 20.9. The first-order valence-electron chi connectivity index (χ1n) is 12.7. The van der Waals surface area contributed by atoms with Crippen LogP contribution in [0.2, 0.25) is 0 Å². The van der Waals surface area contributed by atoms with Crippen LogP contribution in [0.25, 0.3) is 0 Å². The van der Waals surface area contributed by atoms with Crippen LogP contribution in [-0.4, -0.2) is 15.3 Å². The highest BCUT2D eigenvalue weighted by Gasteiger charge is 2.43. The third kappa shape index (κ3) is 4.29. The summed E-state index contributed by atoms with van der Waals surface area (Å²) in [5.41, 5.74) is 5.62. The van der Waals surface area contributed by atoms with Crippen LogP contribution >= 0.6 is 0 Å². The van der Waals surface area contributed by atoms with Crippen molar-refractivity contribution in [2.24, 2.45) is 5.92 Å². The monoisotopic (exact) mass is 458 g/mol. The maximum Gasteiger partial charge on any atom is 0.118 e. The zero-order chi connectivity index (χ0) is 24.5. The molecule has 0 amide bonds. The first-order chi connectivity index (χ1) is 16.2. The van der Waals surface area contributed by atoms with Gasteiger partial charge in [-0.25, -0.2) is 0 Å². The lowest BCUT2D eigenvalue weighted by Crippen LogP contribution is -2.39. The van der Waals surface area contributed by atoms with Crippen molar-refractivity contribution in [1.82, 2.24) is 0 Å². The Kier molecular flexibility index (Phi) is 6.66. The fourth-order valence-corrected chi connectivity index (χ4v) is 6.04. The van der Waals surface area contributed by atoms with E-state index in [0.717, 1.165) is 49.7 Å². The van der Waals surface area contributed by atoms with Gasteiger partial charge in [-0.15, -0.1) is 0 Å². The van der Waals surface area contributed by atoms with E-state index in [2.05, 4.69) is 64.1 Å². The van der Waals surface area contributed by atoms with Gasteiger partial charge in [0, 0.05) is 5.41 Å². The first kappa shape index (κ1) is 24.2. The smallest absolute Gasteiger partial charge is 0.118 e. The van der Waals surface area contributed by atoms with Gasteiger partial charge < -0.3 is 15.3 Å². The predicted octanol–water partition coefficient (Wildman–Crippen LogP) is 7.38. The summed E-state index contributed by atoms with van der Waals surface area (Å²) < 4.78 is 0. The van der Waals surface area contributed by atoms with Gasteiger partial charge in [0.25, 0.3) is 0 Å². The second-order valence-corrected chi connectivity index (χ2v) is 10.5. The Balaban J connectivity index is 1.73. The predicted molar refractivity (Wildman–Crippen MR) is 139 cm³/mol. The molecule has 3 aromatic rings. The highest BCUT2D eigenvalue weighted by Crippen LogP contribution is 2.52. The van der Waals surface area contributed by atoms with Crippen LogP contribution in [0.4, 0.5) is 0 Å². The molecule has 0 radical (unpaired) electrons. The number of aryl methyl sites for hydroxylation is 2. The SMILES string of the molecule is CCc1cc(C2(c3ccc(O)c(CC)c3)CCC(C(C)(C)c3ccc(O)cc3)CC2)ccc1O. The molecule has 0 aliphatic heterocycles. The van der Waals surface area contributed by atoms with Crippen LogP contribution in [0.5, 0.6) is 17.2 Å². The van der Waals surface area contributed by atoms with E-state index in [1.165, 1.54) is 16.7 Å². The molecule has 3 nitrogen and oxygen atoms in total. The molecule has 1 aliphatic rings. The summed E-state index contributed by atoms with van der Waals surface area (Å²) in [5, 5.41) is 30.4. The number of hydrogen-bond acceptors (Lipinski definition) is 3. The first-order valence-corrected chi connectivity index (χ1v) is 12.7. The van der Waals surface area contributed by atoms with E-state index in [-0.39, 0.29) is 10.8 Å². The second-order valence-electron chi connectivity index (χ2n) is 10.5. The van der Waals surface area contributed by atoms with Gasteiger partial charge in [-0.2, -0.15) is 0 Å². The van der Waals surface area contributed by atoms with Crippen molar-refractivity contribution in [3.63, 3.8) is 0 Å². The standard InChI is InChI=1S/C31H38O3/c1-5-21-19-25(9-13-28(21)33)31(26-10-14-29(34)22(6-2)20-26)17-15-24(16-18-31)30(3,4)23-7-11-27(32)12-8-23/h7-14,19-20,24,32-34H,5-6,15-18H2,1-4H3. The van der Waals surface area contributed by atoms with Gasteiger partial charge >= 0.3 is 0 Å². The number of rotatable bonds is 6. The van der Waals surface area contributed by atoms with Crippen molar-refractivity contribution < 1.29 is 15.3 Å². The molecule has 0 saturated heterocycles. The third-order valence-electron chi connectivity index (χ3n) is 8.50. The number of aromatic hydroxyl groups is 3. The minimum absolute atomic E-state index is 0.00687. The number of phenols is 3. The molecule has 3 heteroatoms. The Bertz CT molecular complexity index is 1080. The van der Waals surface area contributed by atoms with Gasteiger partial charge in [0.05, 0.1) is 0 Å². The summed E-state index contributed by atoms with van der Waals surface area (Å²) >= 11 is 0. The molecule has 1 fully saturated rings. The summed E-state index contributed by atoms with van der Waals surface area (Å²) in [6.07, 6.45) is 5.78. The van der Waals surface area contributed by atoms with Gasteiger partial charge in [-0.05, 0) is 102 Å². The Morgan fingerprint density at radius 1 is 0.735 bits per heavy atom. The second kappa shape index (κ2) is 9.37. The molecular weight excluding hydrogens is 420 g/mol. The highest BCUT2D eigenvalue weighted by atomic mass is 16.3. The molecule has 1 aliphatic carbocycles. The van der Waals surface area contributed by atoms with Crippen LogP contribution < -0.4 is 0 Å². The fourth-order valence-electron chi connectivity index (χ4n) is 6.04. The minimum atomic E-state index is -0.142. The molecule has 3 N–H and O–H groups in total. The molecule has 0 bridgehead atoms. The van der Waals surface area contributed by atoms with Crippen molar-refractivity contribution in [2.75, 3.05) is 0 Å². The lowest BCUT2D eigenvalue weighted by Gasteiger charge is -2.46. The van der Waals surface area contributed by atoms with E-state index < -0.39 is 0 Å². The van der Waals surface area contributed by atoms with Gasteiger partial charge in [0.15, 0.2) is 0 Å². The molecule has 4 rings (SSSR count). The molecule has 34 heavy (non-hydrogen) atoms. The van der Waals surface area contributed by atoms with E-state index in [1.54, 1.807) is 12.1 Å². The average Bonchev–Trinajstić information content (AvgIpc) is 2.85. The highest BCUT2D eigenvalue weighted by molar-refractivity contribution is 5.48. The average molecular weight is 459 g/mol. The Morgan fingerprint density at radius 3 is 1.65 bits per heavy atom. The molecule has 3 aromatic carbocycles.